The SMILES string of the molecule is CCNCCCNCc1cccc(C(F)(F)F)c1F. The van der Waals surface area contributed by atoms with Crippen molar-refractivity contribution in [2.75, 3.05) is 19.6 Å². The van der Waals surface area contributed by atoms with Crippen LogP contribution in [-0.4, -0.2) is 19.6 Å². The maximum absolute atomic E-state index is 13.6. The highest BCUT2D eigenvalue weighted by Gasteiger charge is 2.34. The number of rotatable bonds is 7. The van der Waals surface area contributed by atoms with Crippen LogP contribution in [0.15, 0.2) is 18.2 Å². The fourth-order valence-electron chi connectivity index (χ4n) is 1.67. The van der Waals surface area contributed by atoms with Crippen LogP contribution in [-0.2, 0) is 12.7 Å². The zero-order valence-corrected chi connectivity index (χ0v) is 10.8. The standard InChI is InChI=1S/C13H18F4N2/c1-2-18-7-4-8-19-9-10-5-3-6-11(12(10)14)13(15,16)17/h3,5-6,18-19H,2,4,7-9H2,1H3. The van der Waals surface area contributed by atoms with Crippen LogP contribution in [0.25, 0.3) is 0 Å². The lowest BCUT2D eigenvalue weighted by atomic mass is 10.1. The molecular weight excluding hydrogens is 260 g/mol. The average Bonchev–Trinajstić information content (AvgIpc) is 2.34. The largest absolute Gasteiger partial charge is 0.419 e. The molecule has 1 aromatic rings. The van der Waals surface area contributed by atoms with Gasteiger partial charge in [-0.15, -0.1) is 0 Å². The number of hydrogen-bond acceptors (Lipinski definition) is 2. The van der Waals surface area contributed by atoms with Crippen molar-refractivity contribution in [3.63, 3.8) is 0 Å². The van der Waals surface area contributed by atoms with Gasteiger partial charge in [0.15, 0.2) is 0 Å². The molecule has 1 aromatic carbocycles. The van der Waals surface area contributed by atoms with Gasteiger partial charge >= 0.3 is 6.18 Å². The molecule has 2 nitrogen and oxygen atoms in total. The fourth-order valence-corrected chi connectivity index (χ4v) is 1.67. The lowest BCUT2D eigenvalue weighted by molar-refractivity contribution is -0.140. The van der Waals surface area contributed by atoms with E-state index >= 15 is 0 Å². The molecule has 0 aliphatic carbocycles. The van der Waals surface area contributed by atoms with E-state index in [0.29, 0.717) is 6.54 Å². The maximum Gasteiger partial charge on any atom is 0.419 e. The van der Waals surface area contributed by atoms with E-state index in [-0.39, 0.29) is 12.1 Å². The van der Waals surface area contributed by atoms with E-state index in [1.807, 2.05) is 6.92 Å². The summed E-state index contributed by atoms with van der Waals surface area (Å²) in [6.45, 7) is 4.42. The summed E-state index contributed by atoms with van der Waals surface area (Å²) in [5.41, 5.74) is -1.17. The molecule has 0 fully saturated rings. The molecular formula is C13H18F4N2. The number of alkyl halides is 3. The third-order valence-electron chi connectivity index (χ3n) is 2.66. The Morgan fingerprint density at radius 3 is 2.42 bits per heavy atom. The zero-order chi connectivity index (χ0) is 14.3. The second kappa shape index (κ2) is 7.45. The Bertz CT molecular complexity index is 391. The van der Waals surface area contributed by atoms with E-state index in [0.717, 1.165) is 25.6 Å². The number of halogens is 4. The summed E-state index contributed by atoms with van der Waals surface area (Å²) in [5.74, 6) is -1.19. The first kappa shape index (κ1) is 15.9. The Balaban J connectivity index is 2.51. The van der Waals surface area contributed by atoms with Gasteiger partial charge in [-0.05, 0) is 32.1 Å². The second-order valence-corrected chi connectivity index (χ2v) is 4.16. The molecule has 0 aliphatic rings. The minimum absolute atomic E-state index is 0.0401. The first-order chi connectivity index (χ1) is 8.96. The van der Waals surface area contributed by atoms with Crippen LogP contribution in [0.1, 0.15) is 24.5 Å². The minimum Gasteiger partial charge on any atom is -0.317 e. The van der Waals surface area contributed by atoms with Crippen LogP contribution in [0.4, 0.5) is 17.6 Å². The van der Waals surface area contributed by atoms with E-state index in [2.05, 4.69) is 10.6 Å². The topological polar surface area (TPSA) is 24.1 Å². The first-order valence-electron chi connectivity index (χ1n) is 6.22. The van der Waals surface area contributed by atoms with Crippen molar-refractivity contribution >= 4 is 0 Å². The Labute approximate surface area is 110 Å². The van der Waals surface area contributed by atoms with Crippen molar-refractivity contribution < 1.29 is 17.6 Å². The molecule has 0 saturated heterocycles. The first-order valence-corrected chi connectivity index (χ1v) is 6.22. The van der Waals surface area contributed by atoms with Gasteiger partial charge in [0.1, 0.15) is 5.82 Å². The quantitative estimate of drug-likeness (QED) is 0.592. The van der Waals surface area contributed by atoms with E-state index in [4.69, 9.17) is 0 Å². The van der Waals surface area contributed by atoms with Gasteiger partial charge in [-0.25, -0.2) is 4.39 Å². The molecule has 0 radical (unpaired) electrons. The lowest BCUT2D eigenvalue weighted by Crippen LogP contribution is -2.22. The third kappa shape index (κ3) is 5.16. The molecule has 0 aromatic heterocycles. The highest BCUT2D eigenvalue weighted by atomic mass is 19.4. The van der Waals surface area contributed by atoms with Gasteiger partial charge in [0.05, 0.1) is 5.56 Å². The molecule has 19 heavy (non-hydrogen) atoms. The zero-order valence-electron chi connectivity index (χ0n) is 10.8. The summed E-state index contributed by atoms with van der Waals surface area (Å²) >= 11 is 0. The summed E-state index contributed by atoms with van der Waals surface area (Å²) < 4.78 is 51.1. The molecule has 0 saturated carbocycles. The van der Waals surface area contributed by atoms with Crippen LogP contribution in [0.2, 0.25) is 0 Å². The van der Waals surface area contributed by atoms with Crippen LogP contribution < -0.4 is 10.6 Å². The summed E-state index contributed by atoms with van der Waals surface area (Å²) in [4.78, 5) is 0. The molecule has 0 bridgehead atoms. The Hall–Kier alpha value is -1.14. The average molecular weight is 278 g/mol. The number of hydrogen-bond donors (Lipinski definition) is 2. The Morgan fingerprint density at radius 1 is 1.11 bits per heavy atom. The molecule has 0 atom stereocenters. The lowest BCUT2D eigenvalue weighted by Gasteiger charge is -2.11. The highest BCUT2D eigenvalue weighted by Crippen LogP contribution is 2.32. The predicted molar refractivity (Wildman–Crippen MR) is 66.3 cm³/mol. The monoisotopic (exact) mass is 278 g/mol. The summed E-state index contributed by atoms with van der Waals surface area (Å²) in [7, 11) is 0. The number of benzene rings is 1. The van der Waals surface area contributed by atoms with Crippen LogP contribution in [0.5, 0.6) is 0 Å². The highest BCUT2D eigenvalue weighted by molar-refractivity contribution is 5.28. The van der Waals surface area contributed by atoms with Crippen LogP contribution in [0.3, 0.4) is 0 Å². The van der Waals surface area contributed by atoms with Crippen molar-refractivity contribution in [3.05, 3.63) is 35.1 Å². The summed E-state index contributed by atoms with van der Waals surface area (Å²) in [6, 6.07) is 3.34. The molecule has 108 valence electrons. The van der Waals surface area contributed by atoms with Gasteiger partial charge in [-0.1, -0.05) is 19.1 Å². The number of nitrogens with one attached hydrogen (secondary N) is 2. The van der Waals surface area contributed by atoms with Crippen LogP contribution >= 0.6 is 0 Å². The van der Waals surface area contributed by atoms with Crippen molar-refractivity contribution in [1.82, 2.24) is 10.6 Å². The van der Waals surface area contributed by atoms with Gasteiger partial charge in [-0.3, -0.25) is 0 Å². The molecule has 0 heterocycles. The van der Waals surface area contributed by atoms with Crippen molar-refractivity contribution in [3.8, 4) is 0 Å². The normalized spacial score (nSPS) is 11.8. The molecule has 0 amide bonds. The molecule has 6 heteroatoms. The molecule has 1 rings (SSSR count). The second-order valence-electron chi connectivity index (χ2n) is 4.16. The Morgan fingerprint density at radius 2 is 1.79 bits per heavy atom. The van der Waals surface area contributed by atoms with E-state index in [1.165, 1.54) is 12.1 Å². The fraction of sp³-hybridized carbons (Fsp3) is 0.538. The predicted octanol–water partition coefficient (Wildman–Crippen LogP) is 2.93. The van der Waals surface area contributed by atoms with Crippen LogP contribution in [0, 0.1) is 5.82 Å². The minimum atomic E-state index is -4.65. The summed E-state index contributed by atoms with van der Waals surface area (Å²) in [5, 5.41) is 6.06. The van der Waals surface area contributed by atoms with E-state index in [1.54, 1.807) is 0 Å². The molecule has 2 N–H and O–H groups in total. The van der Waals surface area contributed by atoms with Crippen molar-refractivity contribution in [1.29, 1.82) is 0 Å². The van der Waals surface area contributed by atoms with Gasteiger partial charge in [0.2, 0.25) is 0 Å². The molecule has 0 aliphatic heterocycles. The van der Waals surface area contributed by atoms with Crippen molar-refractivity contribution in [2.45, 2.75) is 26.1 Å². The Kier molecular flexibility index (Phi) is 6.24. The van der Waals surface area contributed by atoms with Gasteiger partial charge < -0.3 is 10.6 Å². The molecule has 0 spiro atoms. The smallest absolute Gasteiger partial charge is 0.317 e. The third-order valence-corrected chi connectivity index (χ3v) is 2.66. The van der Waals surface area contributed by atoms with Gasteiger partial charge in [0.25, 0.3) is 0 Å². The van der Waals surface area contributed by atoms with E-state index in [9.17, 15) is 17.6 Å². The maximum atomic E-state index is 13.6. The molecule has 0 unspecified atom stereocenters. The van der Waals surface area contributed by atoms with Crippen molar-refractivity contribution in [2.24, 2.45) is 0 Å². The summed E-state index contributed by atoms with van der Waals surface area (Å²) in [6.07, 6.45) is -3.81. The van der Waals surface area contributed by atoms with E-state index < -0.39 is 17.6 Å². The van der Waals surface area contributed by atoms with Gasteiger partial charge in [0, 0.05) is 12.1 Å². The van der Waals surface area contributed by atoms with Gasteiger partial charge in [-0.2, -0.15) is 13.2 Å².